The third-order valence-electron chi connectivity index (χ3n) is 3.75. The lowest BCUT2D eigenvalue weighted by atomic mass is 10.0. The molecule has 3 heteroatoms. The van der Waals surface area contributed by atoms with Crippen molar-refractivity contribution in [1.29, 1.82) is 0 Å². The fourth-order valence-corrected chi connectivity index (χ4v) is 2.55. The minimum Gasteiger partial charge on any atom is -0.422 e. The molecule has 0 aliphatic rings. The molecule has 20 heavy (non-hydrogen) atoms. The van der Waals surface area contributed by atoms with Crippen LogP contribution in [0, 0.1) is 6.92 Å². The second kappa shape index (κ2) is 5.95. The van der Waals surface area contributed by atoms with Gasteiger partial charge in [-0.3, -0.25) is 0 Å². The van der Waals surface area contributed by atoms with E-state index in [0.717, 1.165) is 29.7 Å². The van der Waals surface area contributed by atoms with Crippen molar-refractivity contribution >= 4 is 16.7 Å². The van der Waals surface area contributed by atoms with Crippen molar-refractivity contribution in [1.82, 2.24) is 0 Å². The second-order valence-corrected chi connectivity index (χ2v) is 4.84. The Morgan fingerprint density at radius 3 is 2.60 bits per heavy atom. The van der Waals surface area contributed by atoms with Crippen molar-refractivity contribution in [2.75, 3.05) is 18.0 Å². The number of rotatable bonds is 5. The molecular formula is C17H21NO2. The third-order valence-corrected chi connectivity index (χ3v) is 3.75. The molecular weight excluding hydrogens is 250 g/mol. The number of hydrogen-bond acceptors (Lipinski definition) is 3. The monoisotopic (exact) mass is 271 g/mol. The molecule has 1 heterocycles. The van der Waals surface area contributed by atoms with Crippen molar-refractivity contribution in [3.05, 3.63) is 52.4 Å². The molecule has 0 aliphatic heterocycles. The van der Waals surface area contributed by atoms with E-state index in [1.807, 2.05) is 19.1 Å². The van der Waals surface area contributed by atoms with Crippen LogP contribution in [-0.2, 0) is 6.42 Å². The van der Waals surface area contributed by atoms with Crippen LogP contribution in [-0.4, -0.2) is 13.1 Å². The summed E-state index contributed by atoms with van der Waals surface area (Å²) in [5.74, 6) is 0. The minimum atomic E-state index is -0.258. The molecule has 1 aromatic heterocycles. The average molecular weight is 271 g/mol. The van der Waals surface area contributed by atoms with E-state index in [9.17, 15) is 4.79 Å². The van der Waals surface area contributed by atoms with E-state index in [1.165, 1.54) is 0 Å². The third kappa shape index (κ3) is 2.48. The fraction of sp³-hybridized carbons (Fsp3) is 0.353. The molecule has 0 N–H and O–H groups in total. The maximum Gasteiger partial charge on any atom is 0.340 e. The van der Waals surface area contributed by atoms with E-state index in [4.69, 9.17) is 4.42 Å². The summed E-state index contributed by atoms with van der Waals surface area (Å²) < 4.78 is 5.48. The van der Waals surface area contributed by atoms with Gasteiger partial charge in [0.1, 0.15) is 5.58 Å². The highest BCUT2D eigenvalue weighted by Crippen LogP contribution is 2.25. The zero-order valence-electron chi connectivity index (χ0n) is 12.4. The standard InChI is InChI=1S/C17H21NO2/c1-5-8-15-12(4)14-10-9-13(18(6-2)7-3)11-16(14)20-17(15)19/h5,9-11H,1,6-8H2,2-4H3. The summed E-state index contributed by atoms with van der Waals surface area (Å²) in [4.78, 5) is 14.3. The van der Waals surface area contributed by atoms with Gasteiger partial charge in [-0.05, 0) is 44.9 Å². The van der Waals surface area contributed by atoms with E-state index < -0.39 is 0 Å². The SMILES string of the molecule is C=CCc1c(C)c2ccc(N(CC)CC)cc2oc1=O. The first-order valence-corrected chi connectivity index (χ1v) is 7.04. The van der Waals surface area contributed by atoms with Gasteiger partial charge in [-0.25, -0.2) is 4.79 Å². The van der Waals surface area contributed by atoms with Crippen LogP contribution in [0.5, 0.6) is 0 Å². The molecule has 106 valence electrons. The maximum absolute atomic E-state index is 12.0. The molecule has 0 atom stereocenters. The molecule has 0 amide bonds. The Labute approximate surface area is 119 Å². The molecule has 0 saturated carbocycles. The first-order chi connectivity index (χ1) is 9.62. The van der Waals surface area contributed by atoms with Crippen molar-refractivity contribution in [3.63, 3.8) is 0 Å². The van der Waals surface area contributed by atoms with Gasteiger partial charge in [0.2, 0.25) is 0 Å². The molecule has 2 rings (SSSR count). The van der Waals surface area contributed by atoms with E-state index in [1.54, 1.807) is 6.08 Å². The van der Waals surface area contributed by atoms with Crippen molar-refractivity contribution < 1.29 is 4.42 Å². The van der Waals surface area contributed by atoms with Crippen LogP contribution in [0.4, 0.5) is 5.69 Å². The molecule has 0 spiro atoms. The lowest BCUT2D eigenvalue weighted by Gasteiger charge is -2.21. The summed E-state index contributed by atoms with van der Waals surface area (Å²) >= 11 is 0. The Morgan fingerprint density at radius 2 is 2.00 bits per heavy atom. The van der Waals surface area contributed by atoms with Crippen LogP contribution in [0.25, 0.3) is 11.0 Å². The smallest absolute Gasteiger partial charge is 0.340 e. The van der Waals surface area contributed by atoms with Gasteiger partial charge in [0, 0.05) is 35.8 Å². The highest BCUT2D eigenvalue weighted by Gasteiger charge is 2.11. The molecule has 2 aromatic rings. The van der Waals surface area contributed by atoms with Gasteiger partial charge < -0.3 is 9.32 Å². The number of benzene rings is 1. The predicted octanol–water partition coefficient (Wildman–Crippen LogP) is 3.68. The zero-order chi connectivity index (χ0) is 14.7. The lowest BCUT2D eigenvalue weighted by Crippen LogP contribution is -2.21. The largest absolute Gasteiger partial charge is 0.422 e. The Kier molecular flexibility index (Phi) is 4.28. The highest BCUT2D eigenvalue weighted by atomic mass is 16.4. The predicted molar refractivity (Wildman–Crippen MR) is 84.7 cm³/mol. The number of fused-ring (bicyclic) bond motifs is 1. The van der Waals surface area contributed by atoms with Gasteiger partial charge in [0.05, 0.1) is 0 Å². The van der Waals surface area contributed by atoms with Crippen molar-refractivity contribution in [2.24, 2.45) is 0 Å². The summed E-state index contributed by atoms with van der Waals surface area (Å²) in [6.07, 6.45) is 2.28. The number of aryl methyl sites for hydroxylation is 1. The van der Waals surface area contributed by atoms with Crippen LogP contribution < -0.4 is 10.5 Å². The van der Waals surface area contributed by atoms with E-state index >= 15 is 0 Å². The average Bonchev–Trinajstić information content (AvgIpc) is 2.44. The topological polar surface area (TPSA) is 33.5 Å². The van der Waals surface area contributed by atoms with Crippen molar-refractivity contribution in [2.45, 2.75) is 27.2 Å². The van der Waals surface area contributed by atoms with Crippen LogP contribution in [0.15, 0.2) is 40.1 Å². The van der Waals surface area contributed by atoms with Crippen LogP contribution >= 0.6 is 0 Å². The van der Waals surface area contributed by atoms with Gasteiger partial charge in [-0.1, -0.05) is 6.08 Å². The van der Waals surface area contributed by atoms with E-state index in [-0.39, 0.29) is 5.63 Å². The molecule has 0 unspecified atom stereocenters. The Bertz CT molecular complexity index is 681. The Balaban J connectivity index is 2.63. The summed E-state index contributed by atoms with van der Waals surface area (Å²) in [5, 5.41) is 0.998. The van der Waals surface area contributed by atoms with E-state index in [2.05, 4.69) is 31.4 Å². The first-order valence-electron chi connectivity index (χ1n) is 7.04. The van der Waals surface area contributed by atoms with Crippen molar-refractivity contribution in [3.8, 4) is 0 Å². The summed E-state index contributed by atoms with van der Waals surface area (Å²) in [5.41, 5.74) is 3.17. The summed E-state index contributed by atoms with van der Waals surface area (Å²) in [6, 6.07) is 6.07. The highest BCUT2D eigenvalue weighted by molar-refractivity contribution is 5.84. The number of anilines is 1. The van der Waals surface area contributed by atoms with Crippen LogP contribution in [0.1, 0.15) is 25.0 Å². The molecule has 0 aliphatic carbocycles. The quantitative estimate of drug-likeness (QED) is 0.614. The first kappa shape index (κ1) is 14.4. The number of allylic oxidation sites excluding steroid dienone is 1. The van der Waals surface area contributed by atoms with Crippen LogP contribution in [0.3, 0.4) is 0 Å². The van der Waals surface area contributed by atoms with Gasteiger partial charge >= 0.3 is 5.63 Å². The molecule has 1 aromatic carbocycles. The fourth-order valence-electron chi connectivity index (χ4n) is 2.55. The number of hydrogen-bond donors (Lipinski definition) is 0. The van der Waals surface area contributed by atoms with Crippen LogP contribution in [0.2, 0.25) is 0 Å². The molecule has 0 radical (unpaired) electrons. The zero-order valence-corrected chi connectivity index (χ0v) is 12.4. The van der Waals surface area contributed by atoms with Gasteiger partial charge in [-0.15, -0.1) is 6.58 Å². The molecule has 0 saturated heterocycles. The second-order valence-electron chi connectivity index (χ2n) is 4.84. The number of nitrogens with zero attached hydrogens (tertiary/aromatic N) is 1. The molecule has 0 fully saturated rings. The Morgan fingerprint density at radius 1 is 1.30 bits per heavy atom. The molecule has 3 nitrogen and oxygen atoms in total. The Hall–Kier alpha value is -2.03. The van der Waals surface area contributed by atoms with Gasteiger partial charge in [0.15, 0.2) is 0 Å². The summed E-state index contributed by atoms with van der Waals surface area (Å²) in [7, 11) is 0. The minimum absolute atomic E-state index is 0.258. The summed E-state index contributed by atoms with van der Waals surface area (Å²) in [6.45, 7) is 11.7. The molecule has 0 bridgehead atoms. The van der Waals surface area contributed by atoms with E-state index in [0.29, 0.717) is 17.6 Å². The normalized spacial score (nSPS) is 10.8. The van der Waals surface area contributed by atoms with Gasteiger partial charge in [-0.2, -0.15) is 0 Å². The maximum atomic E-state index is 12.0. The lowest BCUT2D eigenvalue weighted by molar-refractivity contribution is 0.551. The van der Waals surface area contributed by atoms with Gasteiger partial charge in [0.25, 0.3) is 0 Å².